The maximum absolute atomic E-state index is 11.7. The summed E-state index contributed by atoms with van der Waals surface area (Å²) in [6, 6.07) is 3.79. The average molecular weight is 253 g/mol. The first-order valence-corrected chi connectivity index (χ1v) is 6.74. The minimum absolute atomic E-state index is 0.0453. The third-order valence-electron chi connectivity index (χ3n) is 2.76. The van der Waals surface area contributed by atoms with Crippen molar-refractivity contribution in [2.75, 3.05) is 0 Å². The van der Waals surface area contributed by atoms with Crippen LogP contribution < -0.4 is 5.32 Å². The number of nitrogens with one attached hydrogen (secondary N) is 1. The lowest BCUT2D eigenvalue weighted by Gasteiger charge is -2.17. The van der Waals surface area contributed by atoms with E-state index in [1.54, 1.807) is 6.07 Å². The Morgan fingerprint density at radius 2 is 2.00 bits per heavy atom. The normalized spacial score (nSPS) is 12.5. The Bertz CT molecular complexity index is 371. The van der Waals surface area contributed by atoms with Crippen molar-refractivity contribution in [3.63, 3.8) is 0 Å². The molecule has 0 bridgehead atoms. The van der Waals surface area contributed by atoms with Crippen LogP contribution in [0.3, 0.4) is 0 Å². The van der Waals surface area contributed by atoms with Crippen LogP contribution in [-0.4, -0.2) is 17.7 Å². The number of carbonyl (C=O) groups excluding carboxylic acids is 2. The second-order valence-electron chi connectivity index (χ2n) is 4.50. The Morgan fingerprint density at radius 3 is 2.53 bits per heavy atom. The van der Waals surface area contributed by atoms with Gasteiger partial charge in [0.2, 0.25) is 5.91 Å². The van der Waals surface area contributed by atoms with Gasteiger partial charge in [0.1, 0.15) is 0 Å². The molecule has 1 aromatic heterocycles. The number of Topliss-reactive ketones (excluding diaryl/α,β-unsaturated/α-hetero) is 1. The van der Waals surface area contributed by atoms with Crippen LogP contribution in [0.1, 0.15) is 43.3 Å². The molecule has 1 rings (SSSR count). The summed E-state index contributed by atoms with van der Waals surface area (Å²) >= 11 is 1.42. The second kappa shape index (κ2) is 6.55. The average Bonchev–Trinajstić information content (AvgIpc) is 2.79. The maximum Gasteiger partial charge on any atom is 0.220 e. The fourth-order valence-corrected chi connectivity index (χ4v) is 1.97. The van der Waals surface area contributed by atoms with E-state index in [0.29, 0.717) is 5.92 Å². The predicted molar refractivity (Wildman–Crippen MR) is 70.3 cm³/mol. The van der Waals surface area contributed by atoms with Crippen molar-refractivity contribution >= 4 is 23.0 Å². The number of hydrogen-bond donors (Lipinski definition) is 1. The fourth-order valence-electron chi connectivity index (χ4n) is 1.28. The molecule has 1 amide bonds. The van der Waals surface area contributed by atoms with Crippen LogP contribution in [0.2, 0.25) is 0 Å². The molecule has 0 radical (unpaired) electrons. The highest BCUT2D eigenvalue weighted by atomic mass is 32.1. The highest BCUT2D eigenvalue weighted by Crippen LogP contribution is 2.12. The van der Waals surface area contributed by atoms with Crippen LogP contribution in [0.4, 0.5) is 0 Å². The standard InChI is InChI=1S/C13H19NO2S/c1-9(2)10(3)14-13(16)7-6-11(15)12-5-4-8-17-12/h4-5,8-10H,6-7H2,1-3H3,(H,14,16). The van der Waals surface area contributed by atoms with Crippen molar-refractivity contribution in [3.8, 4) is 0 Å². The number of carbonyl (C=O) groups is 2. The summed E-state index contributed by atoms with van der Waals surface area (Å²) in [6.45, 7) is 6.09. The Balaban J connectivity index is 2.31. The molecule has 1 unspecified atom stereocenters. The molecule has 0 saturated heterocycles. The van der Waals surface area contributed by atoms with Crippen LogP contribution >= 0.6 is 11.3 Å². The van der Waals surface area contributed by atoms with E-state index in [-0.39, 0.29) is 30.6 Å². The number of ketones is 1. The van der Waals surface area contributed by atoms with E-state index in [0.717, 1.165) is 4.88 Å². The predicted octanol–water partition coefficient (Wildman–Crippen LogP) is 2.87. The minimum atomic E-state index is -0.0453. The second-order valence-corrected chi connectivity index (χ2v) is 5.45. The van der Waals surface area contributed by atoms with Crippen LogP contribution in [0.25, 0.3) is 0 Å². The molecule has 94 valence electrons. The Kier molecular flexibility index (Phi) is 5.35. The van der Waals surface area contributed by atoms with Gasteiger partial charge < -0.3 is 5.32 Å². The maximum atomic E-state index is 11.7. The van der Waals surface area contributed by atoms with Gasteiger partial charge in [-0.15, -0.1) is 11.3 Å². The molecule has 1 aromatic rings. The molecule has 0 aliphatic heterocycles. The molecule has 1 N–H and O–H groups in total. The van der Waals surface area contributed by atoms with Crippen molar-refractivity contribution in [3.05, 3.63) is 22.4 Å². The molecule has 17 heavy (non-hydrogen) atoms. The molecule has 0 aliphatic carbocycles. The first-order chi connectivity index (χ1) is 8.00. The van der Waals surface area contributed by atoms with Gasteiger partial charge in [0.25, 0.3) is 0 Å². The summed E-state index contributed by atoms with van der Waals surface area (Å²) in [5, 5.41) is 4.76. The summed E-state index contributed by atoms with van der Waals surface area (Å²) in [4.78, 5) is 24.0. The van der Waals surface area contributed by atoms with Gasteiger partial charge >= 0.3 is 0 Å². The van der Waals surface area contributed by atoms with Crippen LogP contribution in [-0.2, 0) is 4.79 Å². The van der Waals surface area contributed by atoms with Crippen molar-refractivity contribution in [1.82, 2.24) is 5.32 Å². The third-order valence-corrected chi connectivity index (χ3v) is 3.67. The number of hydrogen-bond acceptors (Lipinski definition) is 3. The molecule has 0 aromatic carbocycles. The molecule has 3 nitrogen and oxygen atoms in total. The van der Waals surface area contributed by atoms with E-state index >= 15 is 0 Å². The van der Waals surface area contributed by atoms with E-state index in [9.17, 15) is 9.59 Å². The van der Waals surface area contributed by atoms with Gasteiger partial charge in [-0.25, -0.2) is 0 Å². The van der Waals surface area contributed by atoms with Crippen LogP contribution in [0.5, 0.6) is 0 Å². The van der Waals surface area contributed by atoms with Gasteiger partial charge in [-0.3, -0.25) is 9.59 Å². The summed E-state index contributed by atoms with van der Waals surface area (Å²) < 4.78 is 0. The summed E-state index contributed by atoms with van der Waals surface area (Å²) in [5.41, 5.74) is 0. The largest absolute Gasteiger partial charge is 0.353 e. The van der Waals surface area contributed by atoms with Gasteiger partial charge in [0.15, 0.2) is 5.78 Å². The van der Waals surface area contributed by atoms with Crippen molar-refractivity contribution in [2.24, 2.45) is 5.92 Å². The lowest BCUT2D eigenvalue weighted by atomic mass is 10.1. The van der Waals surface area contributed by atoms with Crippen LogP contribution in [0.15, 0.2) is 17.5 Å². The summed E-state index contributed by atoms with van der Waals surface area (Å²) in [6.07, 6.45) is 0.560. The molecule has 0 fully saturated rings. The van der Waals surface area contributed by atoms with Gasteiger partial charge in [-0.05, 0) is 24.3 Å². The SMILES string of the molecule is CC(C)C(C)NC(=O)CCC(=O)c1cccs1. The summed E-state index contributed by atoms with van der Waals surface area (Å²) in [7, 11) is 0. The van der Waals surface area contributed by atoms with Crippen molar-refractivity contribution < 1.29 is 9.59 Å². The van der Waals surface area contributed by atoms with E-state index < -0.39 is 0 Å². The number of rotatable bonds is 6. The first kappa shape index (κ1) is 13.9. The number of thiophene rings is 1. The van der Waals surface area contributed by atoms with E-state index in [1.807, 2.05) is 18.4 Å². The number of amides is 1. The zero-order chi connectivity index (χ0) is 12.8. The smallest absolute Gasteiger partial charge is 0.220 e. The lowest BCUT2D eigenvalue weighted by molar-refractivity contribution is -0.121. The Morgan fingerprint density at radius 1 is 1.29 bits per heavy atom. The fraction of sp³-hybridized carbons (Fsp3) is 0.538. The molecule has 0 saturated carbocycles. The Labute approximate surface area is 106 Å². The molecule has 4 heteroatoms. The highest BCUT2D eigenvalue weighted by molar-refractivity contribution is 7.12. The molecular formula is C13H19NO2S. The molecular weight excluding hydrogens is 234 g/mol. The third kappa shape index (κ3) is 4.69. The molecule has 1 atom stereocenters. The molecule has 0 spiro atoms. The topological polar surface area (TPSA) is 46.2 Å². The zero-order valence-corrected chi connectivity index (χ0v) is 11.3. The van der Waals surface area contributed by atoms with Gasteiger partial charge in [0.05, 0.1) is 4.88 Å². The van der Waals surface area contributed by atoms with E-state index in [4.69, 9.17) is 0 Å². The quantitative estimate of drug-likeness (QED) is 0.792. The van der Waals surface area contributed by atoms with Gasteiger partial charge in [-0.2, -0.15) is 0 Å². The van der Waals surface area contributed by atoms with Gasteiger partial charge in [-0.1, -0.05) is 19.9 Å². The van der Waals surface area contributed by atoms with Gasteiger partial charge in [0, 0.05) is 18.9 Å². The molecule has 0 aliphatic rings. The van der Waals surface area contributed by atoms with Crippen molar-refractivity contribution in [1.29, 1.82) is 0 Å². The van der Waals surface area contributed by atoms with Crippen LogP contribution in [0, 0.1) is 5.92 Å². The summed E-state index contributed by atoms with van der Waals surface area (Å²) in [5.74, 6) is 0.412. The monoisotopic (exact) mass is 253 g/mol. The molecule has 1 heterocycles. The Hall–Kier alpha value is -1.16. The minimum Gasteiger partial charge on any atom is -0.353 e. The van der Waals surface area contributed by atoms with E-state index in [2.05, 4.69) is 19.2 Å². The first-order valence-electron chi connectivity index (χ1n) is 5.86. The van der Waals surface area contributed by atoms with E-state index in [1.165, 1.54) is 11.3 Å². The zero-order valence-electron chi connectivity index (χ0n) is 10.5. The lowest BCUT2D eigenvalue weighted by Crippen LogP contribution is -2.36. The van der Waals surface area contributed by atoms with Crippen molar-refractivity contribution in [2.45, 2.75) is 39.7 Å². The highest BCUT2D eigenvalue weighted by Gasteiger charge is 2.13.